The Morgan fingerprint density at radius 2 is 0.872 bits per heavy atom. The van der Waals surface area contributed by atoms with E-state index in [-0.39, 0.29) is 22.8 Å². The number of hydrogen-bond acceptors (Lipinski definition) is 2. The van der Waals surface area contributed by atoms with Gasteiger partial charge in [-0.1, -0.05) is 115 Å². The van der Waals surface area contributed by atoms with Crippen LogP contribution in [0.5, 0.6) is 0 Å². The molecule has 39 heavy (non-hydrogen) atoms. The molecule has 5 radical (unpaired) electrons. The molecule has 4 aromatic rings. The second kappa shape index (κ2) is 20.2. The van der Waals surface area contributed by atoms with Crippen molar-refractivity contribution < 1.29 is 30.1 Å². The second-order valence-electron chi connectivity index (χ2n) is 7.63. The fourth-order valence-corrected chi connectivity index (χ4v) is 6.66. The Morgan fingerprint density at radius 1 is 0.590 bits per heavy atom. The van der Waals surface area contributed by atoms with E-state index < -0.39 is 17.8 Å². The topological polar surface area (TPSA) is 54.0 Å². The zero-order valence-corrected chi connectivity index (χ0v) is 24.1. The van der Waals surface area contributed by atoms with E-state index in [1.165, 1.54) is 15.9 Å². The first-order valence-corrected chi connectivity index (χ1v) is 14.7. The van der Waals surface area contributed by atoms with E-state index in [0.29, 0.717) is 4.90 Å². The molecule has 3 nitrogen and oxygen atoms in total. The van der Waals surface area contributed by atoms with Gasteiger partial charge < -0.3 is 6.08 Å². The molecule has 0 unspecified atom stereocenters. The number of benzene rings is 4. The van der Waals surface area contributed by atoms with Crippen molar-refractivity contribution >= 4 is 33.7 Å². The zero-order chi connectivity index (χ0) is 27.5. The Kier molecular flexibility index (Phi) is 17.8. The summed E-state index contributed by atoms with van der Waals surface area (Å²) < 4.78 is 30.2. The molecule has 0 bridgehead atoms. The Bertz CT molecular complexity index is 1190. The largest absolute Gasteiger partial charge is 2.00 e. The van der Waals surface area contributed by atoms with Crippen LogP contribution in [0, 0.1) is 44.8 Å². The van der Waals surface area contributed by atoms with Gasteiger partial charge in [-0.15, -0.1) is 0 Å². The second-order valence-corrected chi connectivity index (χ2v) is 11.8. The molecule has 0 aromatic heterocycles. The van der Waals surface area contributed by atoms with Gasteiger partial charge in [0.1, 0.15) is 0 Å². The number of rotatable bonds is 6. The first-order valence-electron chi connectivity index (χ1n) is 11.7. The summed E-state index contributed by atoms with van der Waals surface area (Å²) in [6.07, 6.45) is 12.4. The van der Waals surface area contributed by atoms with E-state index in [9.17, 15) is 8.42 Å². The molecule has 0 spiro atoms. The van der Waals surface area contributed by atoms with E-state index in [2.05, 4.69) is 110 Å². The molecule has 0 heterocycles. The summed E-state index contributed by atoms with van der Waals surface area (Å²) in [7, 11) is -3.63. The first-order chi connectivity index (χ1) is 18.6. The maximum absolute atomic E-state index is 11.3. The van der Waals surface area contributed by atoms with Crippen molar-refractivity contribution in [1.29, 1.82) is 0 Å². The smallest absolute Gasteiger partial charge is 0.0622 e. The SMILES string of the molecule is C=[C-]CS(=O)(=O)c1ccccc1.[C-]#[O+].[CH]1[CH][CH][CH][CH]1.[Fe+2].c1ccc(P(c2ccccc2)c2ccccc2)cc1. The Labute approximate surface area is 246 Å². The molecule has 0 atom stereocenters. The van der Waals surface area contributed by atoms with E-state index in [0.717, 1.165) is 0 Å². The molecule has 0 amide bonds. The number of hydrogen-bond donors (Lipinski definition) is 0. The fraction of sp³-hybridized carbons (Fsp3) is 0.0303. The summed E-state index contributed by atoms with van der Waals surface area (Å²) in [5.41, 5.74) is 0. The molecule has 6 heteroatoms. The summed E-state index contributed by atoms with van der Waals surface area (Å²) in [4.78, 5) is 0.321. The predicted molar refractivity (Wildman–Crippen MR) is 158 cm³/mol. The third-order valence-electron chi connectivity index (χ3n) is 4.99. The minimum Gasteiger partial charge on any atom is -0.0622 e. The van der Waals surface area contributed by atoms with Crippen LogP contribution >= 0.6 is 7.92 Å². The van der Waals surface area contributed by atoms with Gasteiger partial charge in [-0.2, -0.15) is 0 Å². The van der Waals surface area contributed by atoms with E-state index in [1.807, 2.05) is 32.1 Å². The van der Waals surface area contributed by atoms with Crippen molar-refractivity contribution in [3.8, 4) is 0 Å². The fourth-order valence-electron chi connectivity index (χ4n) is 3.34. The third kappa shape index (κ3) is 12.3. The Hall–Kier alpha value is -2.74. The van der Waals surface area contributed by atoms with Crippen LogP contribution in [0.15, 0.2) is 133 Å². The Balaban J connectivity index is 0.000000325. The van der Waals surface area contributed by atoms with Crippen LogP contribution in [0.25, 0.3) is 0 Å². The van der Waals surface area contributed by atoms with Gasteiger partial charge in [0, 0.05) is 0 Å². The van der Waals surface area contributed by atoms with E-state index in [4.69, 9.17) is 4.65 Å². The minimum atomic E-state index is -3.18. The molecule has 0 saturated heterocycles. The van der Waals surface area contributed by atoms with Crippen LogP contribution in [0.3, 0.4) is 0 Å². The van der Waals surface area contributed by atoms with Gasteiger partial charge in [0.15, 0.2) is 9.84 Å². The molecular formula is C33H29FeO3PS+. The summed E-state index contributed by atoms with van der Waals surface area (Å²) in [5, 5.41) is 4.19. The standard InChI is InChI=1S/C18H15P.C9H9O2S.C5H5.CO.Fe/c1-4-10-16(11-5-1)19(17-12-6-2-7-13-17)18-14-8-3-9-15-18;1-2-8-12(10,11)9-6-4-3-5-7-9;1-2-4-5-3-1;1-2;/h1-15H;3-7H,1,8H2;1-5H;;/q;-1;;;+2. The zero-order valence-electron chi connectivity index (χ0n) is 21.3. The van der Waals surface area contributed by atoms with Gasteiger partial charge in [-0.3, -0.25) is 6.58 Å². The molecule has 197 valence electrons. The van der Waals surface area contributed by atoms with Gasteiger partial charge in [0.05, 0.1) is 4.90 Å². The molecule has 5 rings (SSSR count). The summed E-state index contributed by atoms with van der Waals surface area (Å²) in [6, 6.07) is 40.6. The average Bonchev–Trinajstić information content (AvgIpc) is 3.58. The van der Waals surface area contributed by atoms with Crippen molar-refractivity contribution in [1.82, 2.24) is 0 Å². The van der Waals surface area contributed by atoms with Crippen molar-refractivity contribution in [2.24, 2.45) is 0 Å². The summed E-state index contributed by atoms with van der Waals surface area (Å²) >= 11 is 0. The Morgan fingerprint density at radius 3 is 1.15 bits per heavy atom. The van der Waals surface area contributed by atoms with Crippen LogP contribution in [0.4, 0.5) is 0 Å². The third-order valence-corrected chi connectivity index (χ3v) is 9.01. The van der Waals surface area contributed by atoms with Crippen LogP contribution in [0.2, 0.25) is 0 Å². The van der Waals surface area contributed by atoms with Crippen molar-refractivity contribution in [2.75, 3.05) is 5.75 Å². The summed E-state index contributed by atoms with van der Waals surface area (Å²) in [6.45, 7) is 7.77. The van der Waals surface area contributed by atoms with Crippen LogP contribution in [-0.4, -0.2) is 14.2 Å². The molecule has 0 N–H and O–H groups in total. The van der Waals surface area contributed by atoms with Crippen molar-refractivity contribution in [2.45, 2.75) is 4.90 Å². The minimum absolute atomic E-state index is 0. The van der Waals surface area contributed by atoms with Crippen LogP contribution in [0.1, 0.15) is 0 Å². The summed E-state index contributed by atoms with van der Waals surface area (Å²) in [5.74, 6) is -0.128. The monoisotopic (exact) mass is 592 g/mol. The van der Waals surface area contributed by atoms with Gasteiger partial charge in [-0.05, 0) is 68.1 Å². The maximum Gasteiger partial charge on any atom is 2.00 e. The normalized spacial score (nSPS) is 11.7. The van der Waals surface area contributed by atoms with Gasteiger partial charge >= 0.3 is 28.4 Å². The molecule has 1 aliphatic carbocycles. The maximum atomic E-state index is 11.3. The average molecular weight is 592 g/mol. The van der Waals surface area contributed by atoms with E-state index in [1.54, 1.807) is 30.3 Å². The predicted octanol–water partition coefficient (Wildman–Crippen LogP) is 5.88. The molecule has 4 aromatic carbocycles. The molecular weight excluding hydrogens is 563 g/mol. The number of sulfone groups is 1. The first kappa shape index (κ1) is 34.3. The van der Waals surface area contributed by atoms with Crippen molar-refractivity contribution in [3.05, 3.63) is 173 Å². The molecule has 1 aliphatic rings. The van der Waals surface area contributed by atoms with Gasteiger partial charge in [0.2, 0.25) is 0 Å². The van der Waals surface area contributed by atoms with Crippen LogP contribution in [-0.2, 0) is 31.6 Å². The quantitative estimate of drug-likeness (QED) is 0.122. The van der Waals surface area contributed by atoms with Gasteiger partial charge in [-0.25, -0.2) is 8.42 Å². The molecule has 1 fully saturated rings. The van der Waals surface area contributed by atoms with E-state index >= 15 is 0 Å². The molecule has 0 aliphatic heterocycles. The van der Waals surface area contributed by atoms with Crippen molar-refractivity contribution in [3.63, 3.8) is 0 Å². The van der Waals surface area contributed by atoms with Gasteiger partial charge in [0.25, 0.3) is 0 Å². The molecule has 1 saturated carbocycles. The van der Waals surface area contributed by atoms with Crippen LogP contribution < -0.4 is 15.9 Å².